The summed E-state index contributed by atoms with van der Waals surface area (Å²) >= 11 is 1.58. The zero-order chi connectivity index (χ0) is 19.5. The molecule has 0 atom stereocenters. The minimum absolute atomic E-state index is 0.208. The van der Waals surface area contributed by atoms with Gasteiger partial charge in [-0.1, -0.05) is 12.1 Å². The molecule has 2 heterocycles. The summed E-state index contributed by atoms with van der Waals surface area (Å²) in [5.74, 6) is -2.25. The maximum Gasteiger partial charge on any atom is 0.258 e. The van der Waals surface area contributed by atoms with Crippen LogP contribution in [0.25, 0.3) is 11.3 Å². The molecule has 1 aliphatic rings. The van der Waals surface area contributed by atoms with Gasteiger partial charge >= 0.3 is 0 Å². The average molecular weight is 401 g/mol. The molecule has 1 fully saturated rings. The molecule has 0 unspecified atom stereocenters. The van der Waals surface area contributed by atoms with Gasteiger partial charge in [0.05, 0.1) is 24.5 Å². The van der Waals surface area contributed by atoms with Gasteiger partial charge in [0.25, 0.3) is 5.91 Å². The van der Waals surface area contributed by atoms with Crippen LogP contribution < -0.4 is 10.2 Å². The lowest BCUT2D eigenvalue weighted by atomic mass is 10.1. The molecule has 0 spiro atoms. The highest BCUT2D eigenvalue weighted by molar-refractivity contribution is 7.14. The number of carbonyl (C=O) groups is 1. The molecule has 4 rings (SSSR count). The largest absolute Gasteiger partial charge is 0.378 e. The van der Waals surface area contributed by atoms with Gasteiger partial charge in [-0.15, -0.1) is 11.3 Å². The summed E-state index contributed by atoms with van der Waals surface area (Å²) in [5.41, 5.74) is 2.08. The summed E-state index contributed by atoms with van der Waals surface area (Å²) < 4.78 is 32.1. The molecule has 1 aliphatic heterocycles. The molecular weight excluding hydrogens is 384 g/mol. The van der Waals surface area contributed by atoms with Gasteiger partial charge in [-0.05, 0) is 24.3 Å². The minimum Gasteiger partial charge on any atom is -0.378 e. The van der Waals surface area contributed by atoms with E-state index in [1.54, 1.807) is 23.5 Å². The molecule has 1 amide bonds. The Hall–Kier alpha value is -2.84. The summed E-state index contributed by atoms with van der Waals surface area (Å²) in [4.78, 5) is 19.1. The number of hydrogen-bond donors (Lipinski definition) is 1. The Morgan fingerprint density at radius 1 is 1.11 bits per heavy atom. The van der Waals surface area contributed by atoms with Gasteiger partial charge in [-0.25, -0.2) is 13.8 Å². The standard InChI is InChI=1S/C20H17F2N3O2S/c21-14-3-6-16(17(22)11-14)19(26)23-15-4-1-13(2-5-15)18-12-28-20(24-18)25-7-9-27-10-8-25/h1-6,11-12H,7-10H2,(H,23,26). The van der Waals surface area contributed by atoms with E-state index < -0.39 is 17.5 Å². The molecule has 5 nitrogen and oxygen atoms in total. The third-order valence-electron chi connectivity index (χ3n) is 4.39. The molecule has 0 aliphatic carbocycles. The topological polar surface area (TPSA) is 54.5 Å². The van der Waals surface area contributed by atoms with Gasteiger partial charge < -0.3 is 15.0 Å². The van der Waals surface area contributed by atoms with Gasteiger partial charge in [0, 0.05) is 35.8 Å². The number of morpholine rings is 1. The van der Waals surface area contributed by atoms with Crippen LogP contribution in [0.15, 0.2) is 47.8 Å². The number of thiazole rings is 1. The van der Waals surface area contributed by atoms with E-state index in [2.05, 4.69) is 15.2 Å². The predicted molar refractivity (Wildman–Crippen MR) is 105 cm³/mol. The number of aromatic nitrogens is 1. The number of carbonyl (C=O) groups excluding carboxylic acids is 1. The fraction of sp³-hybridized carbons (Fsp3) is 0.200. The minimum atomic E-state index is -0.896. The number of amides is 1. The zero-order valence-corrected chi connectivity index (χ0v) is 15.6. The Kier molecular flexibility index (Phi) is 5.31. The first kappa shape index (κ1) is 18.5. The molecule has 0 saturated carbocycles. The van der Waals surface area contributed by atoms with E-state index in [4.69, 9.17) is 4.74 Å². The molecule has 0 bridgehead atoms. The molecule has 8 heteroatoms. The lowest BCUT2D eigenvalue weighted by Gasteiger charge is -2.26. The normalized spacial score (nSPS) is 14.1. The summed E-state index contributed by atoms with van der Waals surface area (Å²) in [6.45, 7) is 3.08. The van der Waals surface area contributed by atoms with E-state index in [0.29, 0.717) is 25.0 Å². The first-order valence-corrected chi connectivity index (χ1v) is 9.63. The Balaban J connectivity index is 1.45. The van der Waals surface area contributed by atoms with Crippen LogP contribution in [-0.4, -0.2) is 37.2 Å². The quantitative estimate of drug-likeness (QED) is 0.713. The van der Waals surface area contributed by atoms with Crippen LogP contribution in [0, 0.1) is 11.6 Å². The van der Waals surface area contributed by atoms with Gasteiger partial charge in [-0.2, -0.15) is 0 Å². The third-order valence-corrected chi connectivity index (χ3v) is 5.29. The summed E-state index contributed by atoms with van der Waals surface area (Å²) in [6, 6.07) is 9.99. The SMILES string of the molecule is O=C(Nc1ccc(-c2csc(N3CCOCC3)n2)cc1)c1ccc(F)cc1F. The van der Waals surface area contributed by atoms with Crippen molar-refractivity contribution in [2.45, 2.75) is 0 Å². The van der Waals surface area contributed by atoms with Crippen LogP contribution >= 0.6 is 11.3 Å². The van der Waals surface area contributed by atoms with Crippen molar-refractivity contribution >= 4 is 28.1 Å². The number of nitrogens with one attached hydrogen (secondary N) is 1. The van der Waals surface area contributed by atoms with E-state index in [1.165, 1.54) is 0 Å². The Morgan fingerprint density at radius 3 is 2.57 bits per heavy atom. The predicted octanol–water partition coefficient (Wildman–Crippen LogP) is 4.18. The summed E-state index contributed by atoms with van der Waals surface area (Å²) in [5, 5.41) is 5.57. The van der Waals surface area contributed by atoms with Crippen molar-refractivity contribution in [1.29, 1.82) is 0 Å². The number of benzene rings is 2. The highest BCUT2D eigenvalue weighted by Gasteiger charge is 2.16. The van der Waals surface area contributed by atoms with Gasteiger partial charge in [0.1, 0.15) is 11.6 Å². The number of nitrogens with zero attached hydrogens (tertiary/aromatic N) is 2. The van der Waals surface area contributed by atoms with Crippen LogP contribution in [0.3, 0.4) is 0 Å². The lowest BCUT2D eigenvalue weighted by Crippen LogP contribution is -2.36. The second-order valence-electron chi connectivity index (χ2n) is 6.27. The van der Waals surface area contributed by atoms with Gasteiger partial charge in [0.15, 0.2) is 5.13 Å². The van der Waals surface area contributed by atoms with Crippen LogP contribution in [0.2, 0.25) is 0 Å². The number of rotatable bonds is 4. The summed E-state index contributed by atoms with van der Waals surface area (Å²) in [7, 11) is 0. The molecule has 144 valence electrons. The first-order chi connectivity index (χ1) is 13.6. The lowest BCUT2D eigenvalue weighted by molar-refractivity contribution is 0.102. The fourth-order valence-electron chi connectivity index (χ4n) is 2.89. The highest BCUT2D eigenvalue weighted by atomic mass is 32.1. The number of halogens is 2. The molecular formula is C20H17F2N3O2S. The molecule has 2 aromatic carbocycles. The number of anilines is 2. The maximum absolute atomic E-state index is 13.7. The number of hydrogen-bond acceptors (Lipinski definition) is 5. The Labute approximate surface area is 164 Å². The van der Waals surface area contributed by atoms with Crippen molar-refractivity contribution in [3.05, 3.63) is 65.0 Å². The highest BCUT2D eigenvalue weighted by Crippen LogP contribution is 2.28. The first-order valence-electron chi connectivity index (χ1n) is 8.75. The van der Waals surface area contributed by atoms with Crippen LogP contribution in [0.4, 0.5) is 19.6 Å². The van der Waals surface area contributed by atoms with Crippen molar-refractivity contribution in [1.82, 2.24) is 4.98 Å². The van der Waals surface area contributed by atoms with E-state index in [-0.39, 0.29) is 5.56 Å². The van der Waals surface area contributed by atoms with Crippen LogP contribution in [-0.2, 0) is 4.74 Å². The molecule has 1 aromatic heterocycles. The van der Waals surface area contributed by atoms with Crippen molar-refractivity contribution < 1.29 is 18.3 Å². The molecule has 3 aromatic rings. The van der Waals surface area contributed by atoms with Crippen molar-refractivity contribution in [3.63, 3.8) is 0 Å². The Bertz CT molecular complexity index is 985. The second-order valence-corrected chi connectivity index (χ2v) is 7.11. The molecule has 1 N–H and O–H groups in total. The van der Waals surface area contributed by atoms with E-state index >= 15 is 0 Å². The van der Waals surface area contributed by atoms with Crippen LogP contribution in [0.5, 0.6) is 0 Å². The van der Waals surface area contributed by atoms with E-state index in [0.717, 1.165) is 41.6 Å². The van der Waals surface area contributed by atoms with E-state index in [9.17, 15) is 13.6 Å². The summed E-state index contributed by atoms with van der Waals surface area (Å²) in [6.07, 6.45) is 0. The van der Waals surface area contributed by atoms with Crippen molar-refractivity contribution in [3.8, 4) is 11.3 Å². The molecule has 28 heavy (non-hydrogen) atoms. The van der Waals surface area contributed by atoms with E-state index in [1.807, 2.05) is 17.5 Å². The Morgan fingerprint density at radius 2 is 1.86 bits per heavy atom. The van der Waals surface area contributed by atoms with Crippen molar-refractivity contribution in [2.75, 3.05) is 36.5 Å². The molecule has 0 radical (unpaired) electrons. The van der Waals surface area contributed by atoms with Crippen LogP contribution in [0.1, 0.15) is 10.4 Å². The second kappa shape index (κ2) is 8.04. The smallest absolute Gasteiger partial charge is 0.258 e. The molecule has 1 saturated heterocycles. The monoisotopic (exact) mass is 401 g/mol. The average Bonchev–Trinajstić information content (AvgIpc) is 3.19. The number of ether oxygens (including phenoxy) is 1. The fourth-order valence-corrected chi connectivity index (χ4v) is 3.78. The van der Waals surface area contributed by atoms with Gasteiger partial charge in [-0.3, -0.25) is 4.79 Å². The zero-order valence-electron chi connectivity index (χ0n) is 14.8. The third kappa shape index (κ3) is 4.02. The van der Waals surface area contributed by atoms with Gasteiger partial charge in [0.2, 0.25) is 0 Å². The maximum atomic E-state index is 13.7. The van der Waals surface area contributed by atoms with Crippen molar-refractivity contribution in [2.24, 2.45) is 0 Å².